The van der Waals surface area contributed by atoms with E-state index in [1.165, 1.54) is 0 Å². The van der Waals surface area contributed by atoms with Gasteiger partial charge in [-0.1, -0.05) is 11.6 Å². The highest BCUT2D eigenvalue weighted by molar-refractivity contribution is 6.32. The Bertz CT molecular complexity index is 577. The van der Waals surface area contributed by atoms with Gasteiger partial charge in [-0.15, -0.1) is 0 Å². The van der Waals surface area contributed by atoms with E-state index in [9.17, 15) is 4.79 Å². The Morgan fingerprint density at radius 3 is 2.89 bits per heavy atom. The first-order chi connectivity index (χ1) is 8.65. The van der Waals surface area contributed by atoms with Crippen molar-refractivity contribution in [3.63, 3.8) is 0 Å². The molecule has 0 atom stereocenters. The predicted octanol–water partition coefficient (Wildman–Crippen LogP) is 2.94. The number of hydrogen-bond donors (Lipinski definition) is 1. The Morgan fingerprint density at radius 1 is 1.44 bits per heavy atom. The van der Waals surface area contributed by atoms with E-state index in [1.807, 2.05) is 6.07 Å². The number of benzene rings is 1. The topological polar surface area (TPSA) is 51.3 Å². The minimum absolute atomic E-state index is 0.235. The summed E-state index contributed by atoms with van der Waals surface area (Å²) in [5.41, 5.74) is 1.75. The van der Waals surface area contributed by atoms with Gasteiger partial charge in [0, 0.05) is 17.1 Å². The molecule has 0 bridgehead atoms. The summed E-state index contributed by atoms with van der Waals surface area (Å²) in [5, 5.41) is 1.46. The van der Waals surface area contributed by atoms with E-state index in [0.29, 0.717) is 17.4 Å². The lowest BCUT2D eigenvalue weighted by atomic mass is 10.1. The van der Waals surface area contributed by atoms with Crippen LogP contribution in [-0.2, 0) is 16.0 Å². The van der Waals surface area contributed by atoms with Crippen LogP contribution >= 0.6 is 11.6 Å². The molecule has 0 aliphatic carbocycles. The fraction of sp³-hybridized carbons (Fsp3) is 0.308. The average Bonchev–Trinajstić information content (AvgIpc) is 2.70. The van der Waals surface area contributed by atoms with Crippen molar-refractivity contribution in [2.45, 2.75) is 13.3 Å². The van der Waals surface area contributed by atoms with E-state index in [0.717, 1.165) is 16.5 Å². The van der Waals surface area contributed by atoms with Crippen LogP contribution < -0.4 is 4.74 Å². The van der Waals surface area contributed by atoms with Crippen LogP contribution in [0.4, 0.5) is 0 Å². The largest absolute Gasteiger partial charge is 0.495 e. The quantitative estimate of drug-likeness (QED) is 0.867. The Balaban J connectivity index is 2.37. The molecule has 4 nitrogen and oxygen atoms in total. The van der Waals surface area contributed by atoms with Crippen molar-refractivity contribution >= 4 is 28.5 Å². The minimum atomic E-state index is -0.243. The first kappa shape index (κ1) is 12.8. The zero-order valence-electron chi connectivity index (χ0n) is 10.2. The SMILES string of the molecule is CCOC(=O)Cc1c[nH]c2cc(Cl)c(OC)cc12. The molecule has 0 unspecified atom stereocenters. The number of esters is 1. The van der Waals surface area contributed by atoms with Gasteiger partial charge in [-0.05, 0) is 24.6 Å². The van der Waals surface area contributed by atoms with Crippen LogP contribution in [0.5, 0.6) is 5.75 Å². The fourth-order valence-corrected chi connectivity index (χ4v) is 2.09. The molecule has 2 aromatic rings. The van der Waals surface area contributed by atoms with Crippen molar-refractivity contribution in [1.29, 1.82) is 0 Å². The molecule has 0 radical (unpaired) electrons. The van der Waals surface area contributed by atoms with Gasteiger partial charge in [-0.25, -0.2) is 0 Å². The molecule has 2 rings (SSSR count). The molecule has 1 aromatic heterocycles. The summed E-state index contributed by atoms with van der Waals surface area (Å²) < 4.78 is 10.1. The standard InChI is InChI=1S/C13H14ClNO3/c1-3-18-13(16)4-8-7-15-11-6-10(14)12(17-2)5-9(8)11/h5-7,15H,3-4H2,1-2H3. The van der Waals surface area contributed by atoms with Crippen molar-refractivity contribution < 1.29 is 14.3 Å². The Labute approximate surface area is 110 Å². The lowest BCUT2D eigenvalue weighted by Crippen LogP contribution is -2.06. The molecule has 0 aliphatic rings. The number of halogens is 1. The first-order valence-corrected chi connectivity index (χ1v) is 6.02. The van der Waals surface area contributed by atoms with Gasteiger partial charge >= 0.3 is 5.97 Å². The molecule has 0 saturated carbocycles. The predicted molar refractivity (Wildman–Crippen MR) is 70.2 cm³/mol. The van der Waals surface area contributed by atoms with Gasteiger partial charge in [0.2, 0.25) is 0 Å². The third kappa shape index (κ3) is 2.43. The Hall–Kier alpha value is -1.68. The third-order valence-electron chi connectivity index (χ3n) is 2.68. The van der Waals surface area contributed by atoms with E-state index in [-0.39, 0.29) is 12.4 Å². The molecule has 5 heteroatoms. The second kappa shape index (κ2) is 5.31. The smallest absolute Gasteiger partial charge is 0.310 e. The number of H-pyrrole nitrogens is 1. The molecular formula is C13H14ClNO3. The van der Waals surface area contributed by atoms with Gasteiger partial charge in [0.05, 0.1) is 25.2 Å². The van der Waals surface area contributed by atoms with E-state index in [2.05, 4.69) is 4.98 Å². The Kier molecular flexibility index (Phi) is 3.77. The minimum Gasteiger partial charge on any atom is -0.495 e. The number of nitrogens with one attached hydrogen (secondary N) is 1. The van der Waals surface area contributed by atoms with Crippen molar-refractivity contribution in [2.24, 2.45) is 0 Å². The van der Waals surface area contributed by atoms with E-state index in [1.54, 1.807) is 26.3 Å². The number of aromatic amines is 1. The monoisotopic (exact) mass is 267 g/mol. The van der Waals surface area contributed by atoms with Gasteiger partial charge < -0.3 is 14.5 Å². The van der Waals surface area contributed by atoms with Gasteiger partial charge in [0.15, 0.2) is 0 Å². The Morgan fingerprint density at radius 2 is 2.22 bits per heavy atom. The molecule has 0 amide bonds. The lowest BCUT2D eigenvalue weighted by molar-refractivity contribution is -0.142. The first-order valence-electron chi connectivity index (χ1n) is 5.64. The van der Waals surface area contributed by atoms with Crippen molar-refractivity contribution in [2.75, 3.05) is 13.7 Å². The molecule has 18 heavy (non-hydrogen) atoms. The summed E-state index contributed by atoms with van der Waals surface area (Å²) in [4.78, 5) is 14.6. The molecule has 1 N–H and O–H groups in total. The maximum atomic E-state index is 11.5. The number of fused-ring (bicyclic) bond motifs is 1. The third-order valence-corrected chi connectivity index (χ3v) is 2.98. The van der Waals surface area contributed by atoms with Crippen molar-refractivity contribution in [3.8, 4) is 5.75 Å². The summed E-state index contributed by atoms with van der Waals surface area (Å²) in [7, 11) is 1.56. The molecule has 0 fully saturated rings. The van der Waals surface area contributed by atoms with Crippen LogP contribution in [0.1, 0.15) is 12.5 Å². The zero-order chi connectivity index (χ0) is 13.1. The number of rotatable bonds is 4. The molecule has 0 spiro atoms. The summed E-state index contributed by atoms with van der Waals surface area (Å²) in [6.45, 7) is 2.17. The second-order valence-electron chi connectivity index (χ2n) is 3.83. The highest BCUT2D eigenvalue weighted by Crippen LogP contribution is 2.31. The van der Waals surface area contributed by atoms with Gasteiger partial charge in [0.25, 0.3) is 0 Å². The maximum Gasteiger partial charge on any atom is 0.310 e. The van der Waals surface area contributed by atoms with E-state index < -0.39 is 0 Å². The van der Waals surface area contributed by atoms with Crippen LogP contribution in [0.3, 0.4) is 0 Å². The number of carbonyl (C=O) groups is 1. The molecule has 96 valence electrons. The summed E-state index contributed by atoms with van der Waals surface area (Å²) in [6.07, 6.45) is 2.02. The van der Waals surface area contributed by atoms with Crippen LogP contribution in [-0.4, -0.2) is 24.7 Å². The number of carbonyl (C=O) groups excluding carboxylic acids is 1. The van der Waals surface area contributed by atoms with Gasteiger partial charge in [-0.3, -0.25) is 4.79 Å². The van der Waals surface area contributed by atoms with E-state index >= 15 is 0 Å². The summed E-state index contributed by atoms with van der Waals surface area (Å²) >= 11 is 6.03. The van der Waals surface area contributed by atoms with E-state index in [4.69, 9.17) is 21.1 Å². The number of hydrogen-bond acceptors (Lipinski definition) is 3. The molecular weight excluding hydrogens is 254 g/mol. The zero-order valence-corrected chi connectivity index (χ0v) is 11.0. The van der Waals surface area contributed by atoms with Crippen LogP contribution in [0.2, 0.25) is 5.02 Å². The fourth-order valence-electron chi connectivity index (χ4n) is 1.85. The average molecular weight is 268 g/mol. The molecule has 1 heterocycles. The van der Waals surface area contributed by atoms with Gasteiger partial charge in [0.1, 0.15) is 5.75 Å². The van der Waals surface area contributed by atoms with Crippen molar-refractivity contribution in [1.82, 2.24) is 4.98 Å². The number of ether oxygens (including phenoxy) is 2. The van der Waals surface area contributed by atoms with Crippen molar-refractivity contribution in [3.05, 3.63) is 28.9 Å². The lowest BCUT2D eigenvalue weighted by Gasteiger charge is -2.04. The van der Waals surface area contributed by atoms with Crippen LogP contribution in [0.15, 0.2) is 18.3 Å². The maximum absolute atomic E-state index is 11.5. The number of aromatic nitrogens is 1. The summed E-state index contributed by atoms with van der Waals surface area (Å²) in [5.74, 6) is 0.348. The highest BCUT2D eigenvalue weighted by atomic mass is 35.5. The van der Waals surface area contributed by atoms with Gasteiger partial charge in [-0.2, -0.15) is 0 Å². The second-order valence-corrected chi connectivity index (χ2v) is 4.24. The van der Waals surface area contributed by atoms with Crippen LogP contribution in [0, 0.1) is 0 Å². The number of methoxy groups -OCH3 is 1. The normalized spacial score (nSPS) is 10.6. The summed E-state index contributed by atoms with van der Waals surface area (Å²) in [6, 6.07) is 3.60. The molecule has 0 aliphatic heterocycles. The molecule has 1 aromatic carbocycles. The van der Waals surface area contributed by atoms with Crippen LogP contribution in [0.25, 0.3) is 10.9 Å². The molecule has 0 saturated heterocycles. The highest BCUT2D eigenvalue weighted by Gasteiger charge is 2.12.